The van der Waals surface area contributed by atoms with E-state index in [0.29, 0.717) is 12.1 Å². The number of rotatable bonds is 6. The second-order valence-corrected chi connectivity index (χ2v) is 6.50. The Morgan fingerprint density at radius 3 is 2.85 bits per heavy atom. The lowest BCUT2D eigenvalue weighted by atomic mass is 10.1. The number of nitrogen functional groups attached to an aromatic ring is 1. The molecule has 1 aliphatic heterocycles. The Kier molecular flexibility index (Phi) is 5.26. The highest BCUT2D eigenvalue weighted by Gasteiger charge is 2.49. The van der Waals surface area contributed by atoms with Crippen molar-refractivity contribution in [3.8, 4) is 0 Å². The minimum Gasteiger partial charge on any atom is -0.390 e. The van der Waals surface area contributed by atoms with E-state index in [1.807, 2.05) is 6.92 Å². The van der Waals surface area contributed by atoms with Crippen LogP contribution in [0.4, 0.5) is 10.3 Å². The molecule has 3 heterocycles. The maximum absolute atomic E-state index is 14.5. The van der Waals surface area contributed by atoms with Crippen LogP contribution in [0.5, 0.6) is 0 Å². The van der Waals surface area contributed by atoms with E-state index in [9.17, 15) is 19.4 Å². The second kappa shape index (κ2) is 7.29. The number of aryl methyl sites for hydroxylation is 1. The van der Waals surface area contributed by atoms with Gasteiger partial charge in [-0.25, -0.2) is 18.7 Å². The van der Waals surface area contributed by atoms with Gasteiger partial charge in [-0.05, 0) is 12.8 Å². The summed E-state index contributed by atoms with van der Waals surface area (Å²) >= 11 is 0. The first kappa shape index (κ1) is 18.7. The number of fused-ring (bicyclic) bond motifs is 1. The molecule has 1 unspecified atom stereocenters. The molecular formula is C16H24FN5O4. The van der Waals surface area contributed by atoms with E-state index in [4.69, 9.17) is 10.5 Å². The van der Waals surface area contributed by atoms with Crippen molar-refractivity contribution >= 4 is 17.1 Å². The third kappa shape index (κ3) is 2.97. The topological polar surface area (TPSA) is 128 Å². The Morgan fingerprint density at radius 2 is 2.19 bits per heavy atom. The van der Waals surface area contributed by atoms with Crippen molar-refractivity contribution < 1.29 is 19.3 Å². The van der Waals surface area contributed by atoms with Gasteiger partial charge in [-0.15, -0.1) is 0 Å². The molecule has 9 nitrogen and oxygen atoms in total. The van der Waals surface area contributed by atoms with E-state index >= 15 is 0 Å². The standard InChI is InChI=1S/C16H24FN5O4/c1-3-5-6-21-8-7-19-15(18)20-13(8)22(16(21)25)14-11(24)10(17)12(26-14)9(23)4-2/h7,9-12,14,23-24H,3-6H2,1-2H3,(H2,18,19,20)/t9?,10-,11-,12-,14-/m1/s1. The summed E-state index contributed by atoms with van der Waals surface area (Å²) in [5.74, 6) is -0.0479. The highest BCUT2D eigenvalue weighted by Crippen LogP contribution is 2.34. The van der Waals surface area contributed by atoms with Gasteiger partial charge in [0.05, 0.1) is 12.3 Å². The normalized spacial score (nSPS) is 27.3. The Morgan fingerprint density at radius 1 is 1.46 bits per heavy atom. The fourth-order valence-electron chi connectivity index (χ4n) is 3.25. The average Bonchev–Trinajstić information content (AvgIpc) is 3.06. The maximum atomic E-state index is 14.5. The van der Waals surface area contributed by atoms with Gasteiger partial charge in [0.2, 0.25) is 5.95 Å². The smallest absolute Gasteiger partial charge is 0.332 e. The second-order valence-electron chi connectivity index (χ2n) is 6.50. The zero-order valence-electron chi connectivity index (χ0n) is 14.7. The SMILES string of the molecule is CCCCn1c(=O)n([C@@H]2O[C@H](C(O)CC)[C@H](F)[C@H]2O)c2nc(N)ncc21. The largest absolute Gasteiger partial charge is 0.390 e. The molecule has 2 aromatic rings. The van der Waals surface area contributed by atoms with Gasteiger partial charge in [-0.1, -0.05) is 20.3 Å². The van der Waals surface area contributed by atoms with Crippen molar-refractivity contribution in [3.05, 3.63) is 16.7 Å². The van der Waals surface area contributed by atoms with Gasteiger partial charge in [-0.2, -0.15) is 4.98 Å². The number of aliphatic hydroxyl groups is 2. The van der Waals surface area contributed by atoms with Gasteiger partial charge in [0.1, 0.15) is 17.7 Å². The van der Waals surface area contributed by atoms with Crippen molar-refractivity contribution in [2.75, 3.05) is 5.73 Å². The molecule has 4 N–H and O–H groups in total. The first-order valence-corrected chi connectivity index (χ1v) is 8.79. The number of aromatic nitrogens is 4. The van der Waals surface area contributed by atoms with E-state index < -0.39 is 36.4 Å². The molecule has 26 heavy (non-hydrogen) atoms. The Balaban J connectivity index is 2.11. The summed E-state index contributed by atoms with van der Waals surface area (Å²) in [7, 11) is 0. The average molecular weight is 369 g/mol. The summed E-state index contributed by atoms with van der Waals surface area (Å²) < 4.78 is 22.6. The number of nitrogens with two attached hydrogens (primary N) is 1. The summed E-state index contributed by atoms with van der Waals surface area (Å²) in [5, 5.41) is 20.3. The minimum atomic E-state index is -1.82. The number of hydrogen-bond acceptors (Lipinski definition) is 7. The number of unbranched alkanes of at least 4 members (excludes halogenated alkanes) is 1. The van der Waals surface area contributed by atoms with Crippen LogP contribution in [0.15, 0.2) is 11.0 Å². The number of aliphatic hydroxyl groups excluding tert-OH is 2. The predicted octanol–water partition coefficient (Wildman–Crippen LogP) is 0.343. The van der Waals surface area contributed by atoms with Crippen LogP contribution in [-0.2, 0) is 11.3 Å². The molecule has 2 aromatic heterocycles. The minimum absolute atomic E-state index is 0.0479. The van der Waals surface area contributed by atoms with Gasteiger partial charge in [0.25, 0.3) is 0 Å². The lowest BCUT2D eigenvalue weighted by molar-refractivity contribution is -0.0799. The summed E-state index contributed by atoms with van der Waals surface area (Å²) in [6, 6.07) is 0. The third-order valence-electron chi connectivity index (χ3n) is 4.74. The van der Waals surface area contributed by atoms with Crippen molar-refractivity contribution in [1.29, 1.82) is 0 Å². The molecule has 0 spiro atoms. The first-order valence-electron chi connectivity index (χ1n) is 8.79. The number of ether oxygens (including phenoxy) is 1. The summed E-state index contributed by atoms with van der Waals surface area (Å²) in [5.41, 5.74) is 5.76. The van der Waals surface area contributed by atoms with Gasteiger partial charge in [-0.3, -0.25) is 4.57 Å². The molecular weight excluding hydrogens is 345 g/mol. The molecule has 0 radical (unpaired) electrons. The molecule has 0 aliphatic carbocycles. The van der Waals surface area contributed by atoms with Crippen LogP contribution in [0.1, 0.15) is 39.3 Å². The van der Waals surface area contributed by atoms with Crippen LogP contribution in [0, 0.1) is 0 Å². The van der Waals surface area contributed by atoms with E-state index in [1.165, 1.54) is 10.8 Å². The van der Waals surface area contributed by atoms with E-state index in [-0.39, 0.29) is 18.0 Å². The van der Waals surface area contributed by atoms with E-state index in [0.717, 1.165) is 17.4 Å². The van der Waals surface area contributed by atoms with Crippen LogP contribution in [-0.4, -0.2) is 53.8 Å². The fraction of sp³-hybridized carbons (Fsp3) is 0.688. The Hall–Kier alpha value is -2.04. The Bertz CT molecular complexity index is 838. The first-order chi connectivity index (χ1) is 12.4. The number of anilines is 1. The molecule has 5 atom stereocenters. The van der Waals surface area contributed by atoms with Crippen LogP contribution in [0.2, 0.25) is 0 Å². The van der Waals surface area contributed by atoms with Crippen LogP contribution in [0.3, 0.4) is 0 Å². The van der Waals surface area contributed by atoms with Crippen molar-refractivity contribution in [3.63, 3.8) is 0 Å². The van der Waals surface area contributed by atoms with Crippen molar-refractivity contribution in [2.24, 2.45) is 0 Å². The van der Waals surface area contributed by atoms with Gasteiger partial charge < -0.3 is 20.7 Å². The molecule has 0 amide bonds. The zero-order chi connectivity index (χ0) is 19.0. The van der Waals surface area contributed by atoms with Crippen LogP contribution in [0.25, 0.3) is 11.2 Å². The fourth-order valence-corrected chi connectivity index (χ4v) is 3.25. The number of nitrogens with zero attached hydrogens (tertiary/aromatic N) is 4. The van der Waals surface area contributed by atoms with Crippen molar-refractivity contribution in [2.45, 2.75) is 70.4 Å². The number of halogens is 1. The molecule has 0 saturated carbocycles. The van der Waals surface area contributed by atoms with Gasteiger partial charge in [0, 0.05) is 6.54 Å². The number of imidazole rings is 1. The van der Waals surface area contributed by atoms with Crippen LogP contribution < -0.4 is 11.4 Å². The highest BCUT2D eigenvalue weighted by molar-refractivity contribution is 5.71. The molecule has 10 heteroatoms. The number of alkyl halides is 1. The molecule has 1 aliphatic rings. The zero-order valence-corrected chi connectivity index (χ0v) is 14.7. The quantitative estimate of drug-likeness (QED) is 0.670. The molecule has 0 bridgehead atoms. The lowest BCUT2D eigenvalue weighted by Gasteiger charge is -2.18. The summed E-state index contributed by atoms with van der Waals surface area (Å²) in [4.78, 5) is 20.9. The summed E-state index contributed by atoms with van der Waals surface area (Å²) in [6.45, 7) is 4.10. The lowest BCUT2D eigenvalue weighted by Crippen LogP contribution is -2.36. The summed E-state index contributed by atoms with van der Waals surface area (Å²) in [6.07, 6.45) is -3.74. The van der Waals surface area contributed by atoms with E-state index in [2.05, 4.69) is 9.97 Å². The maximum Gasteiger partial charge on any atom is 0.332 e. The monoisotopic (exact) mass is 369 g/mol. The molecule has 1 fully saturated rings. The van der Waals surface area contributed by atoms with Gasteiger partial charge in [0.15, 0.2) is 18.0 Å². The highest BCUT2D eigenvalue weighted by atomic mass is 19.1. The molecule has 3 rings (SSSR count). The molecule has 0 aromatic carbocycles. The number of hydrogen-bond donors (Lipinski definition) is 3. The van der Waals surface area contributed by atoms with Gasteiger partial charge >= 0.3 is 5.69 Å². The molecule has 1 saturated heterocycles. The van der Waals surface area contributed by atoms with Crippen molar-refractivity contribution in [1.82, 2.24) is 19.1 Å². The van der Waals surface area contributed by atoms with E-state index in [1.54, 1.807) is 6.92 Å². The molecule has 144 valence electrons. The van der Waals surface area contributed by atoms with Crippen LogP contribution >= 0.6 is 0 Å². The Labute approximate surface area is 149 Å². The third-order valence-corrected chi connectivity index (χ3v) is 4.74. The predicted molar refractivity (Wildman–Crippen MR) is 92.2 cm³/mol.